The topological polar surface area (TPSA) is 3.24 Å². The van der Waals surface area contributed by atoms with Crippen molar-refractivity contribution in [2.45, 2.75) is 53.0 Å². The van der Waals surface area contributed by atoms with Crippen LogP contribution in [-0.2, 0) is 0 Å². The van der Waals surface area contributed by atoms with E-state index in [4.69, 9.17) is 0 Å². The van der Waals surface area contributed by atoms with Gasteiger partial charge < -0.3 is 0 Å². The lowest BCUT2D eigenvalue weighted by Gasteiger charge is -2.54. The molecular weight excluding hydrogens is 146 g/mol. The van der Waals surface area contributed by atoms with Crippen LogP contribution in [0.15, 0.2) is 0 Å². The van der Waals surface area contributed by atoms with Gasteiger partial charge >= 0.3 is 0 Å². The quantitative estimate of drug-likeness (QED) is 0.614. The second kappa shape index (κ2) is 3.02. The van der Waals surface area contributed by atoms with Gasteiger partial charge in [0.1, 0.15) is 0 Å². The van der Waals surface area contributed by atoms with Crippen LogP contribution in [0.25, 0.3) is 0 Å². The van der Waals surface area contributed by atoms with E-state index in [-0.39, 0.29) is 0 Å². The minimum Gasteiger partial charge on any atom is -0.297 e. The van der Waals surface area contributed by atoms with Crippen LogP contribution in [0.1, 0.15) is 47.5 Å². The van der Waals surface area contributed by atoms with Crippen molar-refractivity contribution in [1.82, 2.24) is 4.90 Å². The standard InChI is InChI=1S/C11H23N/c1-6-7-11(5)8-12(9-11)10(2,3)4/h6-9H2,1-5H3. The van der Waals surface area contributed by atoms with E-state index < -0.39 is 0 Å². The van der Waals surface area contributed by atoms with Crippen LogP contribution < -0.4 is 0 Å². The maximum absolute atomic E-state index is 2.57. The van der Waals surface area contributed by atoms with Gasteiger partial charge in [0.05, 0.1) is 0 Å². The first-order valence-corrected chi connectivity index (χ1v) is 5.12. The molecule has 0 N–H and O–H groups in total. The predicted octanol–water partition coefficient (Wildman–Crippen LogP) is 2.91. The Morgan fingerprint density at radius 2 is 1.75 bits per heavy atom. The van der Waals surface area contributed by atoms with E-state index in [1.165, 1.54) is 25.9 Å². The Kier molecular flexibility index (Phi) is 2.53. The minimum absolute atomic E-state index is 0.382. The van der Waals surface area contributed by atoms with Crippen LogP contribution in [0.5, 0.6) is 0 Å². The van der Waals surface area contributed by atoms with Gasteiger partial charge in [-0.05, 0) is 32.6 Å². The van der Waals surface area contributed by atoms with Crippen LogP contribution in [0, 0.1) is 5.41 Å². The predicted molar refractivity (Wildman–Crippen MR) is 54.3 cm³/mol. The molecule has 1 heterocycles. The van der Waals surface area contributed by atoms with E-state index in [0.717, 1.165) is 0 Å². The number of rotatable bonds is 2. The molecule has 0 amide bonds. The lowest BCUT2D eigenvalue weighted by Crippen LogP contribution is -2.61. The third kappa shape index (κ3) is 2.01. The molecule has 12 heavy (non-hydrogen) atoms. The molecule has 0 saturated carbocycles. The first-order valence-electron chi connectivity index (χ1n) is 5.12. The Morgan fingerprint density at radius 3 is 2.08 bits per heavy atom. The zero-order chi connectivity index (χ0) is 9.41. The highest BCUT2D eigenvalue weighted by Gasteiger charge is 2.42. The molecular formula is C11H23N. The van der Waals surface area contributed by atoms with Crippen molar-refractivity contribution in [3.05, 3.63) is 0 Å². The number of likely N-dealkylation sites (tertiary alicyclic amines) is 1. The van der Waals surface area contributed by atoms with E-state index in [9.17, 15) is 0 Å². The third-order valence-electron chi connectivity index (χ3n) is 2.95. The van der Waals surface area contributed by atoms with Crippen molar-refractivity contribution in [3.8, 4) is 0 Å². The first-order chi connectivity index (χ1) is 5.37. The van der Waals surface area contributed by atoms with Crippen LogP contribution in [-0.4, -0.2) is 23.5 Å². The van der Waals surface area contributed by atoms with E-state index in [2.05, 4.69) is 39.5 Å². The van der Waals surface area contributed by atoms with Crippen LogP contribution in [0.4, 0.5) is 0 Å². The normalized spacial score (nSPS) is 23.8. The molecule has 0 radical (unpaired) electrons. The zero-order valence-electron chi connectivity index (χ0n) is 9.28. The van der Waals surface area contributed by atoms with Gasteiger partial charge in [-0.3, -0.25) is 4.90 Å². The molecule has 1 fully saturated rings. The molecule has 0 aromatic rings. The highest BCUT2D eigenvalue weighted by molar-refractivity contribution is 4.96. The van der Waals surface area contributed by atoms with Crippen LogP contribution in [0.2, 0.25) is 0 Å². The summed E-state index contributed by atoms with van der Waals surface area (Å²) < 4.78 is 0. The van der Waals surface area contributed by atoms with E-state index in [1.54, 1.807) is 0 Å². The minimum atomic E-state index is 0.382. The molecule has 1 aliphatic heterocycles. The zero-order valence-corrected chi connectivity index (χ0v) is 9.28. The van der Waals surface area contributed by atoms with E-state index in [1.807, 2.05) is 0 Å². The highest BCUT2D eigenvalue weighted by Crippen LogP contribution is 2.38. The number of hydrogen-bond acceptors (Lipinski definition) is 1. The Bertz CT molecular complexity index is 149. The summed E-state index contributed by atoms with van der Waals surface area (Å²) >= 11 is 0. The van der Waals surface area contributed by atoms with Gasteiger partial charge in [-0.25, -0.2) is 0 Å². The summed E-state index contributed by atoms with van der Waals surface area (Å²) in [6, 6.07) is 0. The Balaban J connectivity index is 2.36. The molecule has 0 aromatic carbocycles. The maximum Gasteiger partial charge on any atom is 0.0125 e. The molecule has 1 saturated heterocycles. The lowest BCUT2D eigenvalue weighted by atomic mass is 9.75. The summed E-state index contributed by atoms with van der Waals surface area (Å²) in [4.78, 5) is 2.57. The molecule has 0 unspecified atom stereocenters. The fraction of sp³-hybridized carbons (Fsp3) is 1.00. The molecule has 72 valence electrons. The van der Waals surface area contributed by atoms with Gasteiger partial charge in [0.2, 0.25) is 0 Å². The lowest BCUT2D eigenvalue weighted by molar-refractivity contribution is -0.0526. The van der Waals surface area contributed by atoms with Crippen molar-refractivity contribution in [1.29, 1.82) is 0 Å². The van der Waals surface area contributed by atoms with E-state index >= 15 is 0 Å². The van der Waals surface area contributed by atoms with E-state index in [0.29, 0.717) is 11.0 Å². The average molecular weight is 169 g/mol. The number of hydrogen-bond donors (Lipinski definition) is 0. The second-order valence-corrected chi connectivity index (χ2v) is 5.59. The summed E-state index contributed by atoms with van der Waals surface area (Å²) in [5.41, 5.74) is 1.01. The Hall–Kier alpha value is -0.0400. The van der Waals surface area contributed by atoms with Crippen LogP contribution in [0.3, 0.4) is 0 Å². The third-order valence-corrected chi connectivity index (χ3v) is 2.95. The highest BCUT2D eigenvalue weighted by atomic mass is 15.3. The molecule has 0 aromatic heterocycles. The van der Waals surface area contributed by atoms with Crippen molar-refractivity contribution in [2.75, 3.05) is 13.1 Å². The molecule has 0 spiro atoms. The van der Waals surface area contributed by atoms with Gasteiger partial charge in [0.25, 0.3) is 0 Å². The molecule has 1 nitrogen and oxygen atoms in total. The van der Waals surface area contributed by atoms with Gasteiger partial charge in [0.15, 0.2) is 0 Å². The molecule has 1 aliphatic rings. The van der Waals surface area contributed by atoms with Gasteiger partial charge in [0, 0.05) is 18.6 Å². The molecule has 0 bridgehead atoms. The van der Waals surface area contributed by atoms with Gasteiger partial charge in [-0.1, -0.05) is 20.3 Å². The number of nitrogens with zero attached hydrogens (tertiary/aromatic N) is 1. The van der Waals surface area contributed by atoms with Crippen molar-refractivity contribution in [2.24, 2.45) is 5.41 Å². The van der Waals surface area contributed by atoms with Crippen molar-refractivity contribution in [3.63, 3.8) is 0 Å². The molecule has 1 rings (SSSR count). The fourth-order valence-corrected chi connectivity index (χ4v) is 2.11. The maximum atomic E-state index is 2.57. The monoisotopic (exact) mass is 169 g/mol. The largest absolute Gasteiger partial charge is 0.297 e. The summed E-state index contributed by atoms with van der Waals surface area (Å²) in [5, 5.41) is 0. The first kappa shape index (κ1) is 10.0. The summed E-state index contributed by atoms with van der Waals surface area (Å²) in [7, 11) is 0. The van der Waals surface area contributed by atoms with Crippen molar-refractivity contribution >= 4 is 0 Å². The van der Waals surface area contributed by atoms with Gasteiger partial charge in [-0.15, -0.1) is 0 Å². The Morgan fingerprint density at radius 1 is 1.25 bits per heavy atom. The van der Waals surface area contributed by atoms with Crippen LogP contribution >= 0.6 is 0 Å². The SMILES string of the molecule is CCCC1(C)CN(C(C)(C)C)C1. The van der Waals surface area contributed by atoms with Gasteiger partial charge in [-0.2, -0.15) is 0 Å². The summed E-state index contributed by atoms with van der Waals surface area (Å²) in [5.74, 6) is 0. The second-order valence-electron chi connectivity index (χ2n) is 5.59. The fourth-order valence-electron chi connectivity index (χ4n) is 2.11. The average Bonchev–Trinajstić information content (AvgIpc) is 1.81. The van der Waals surface area contributed by atoms with Crippen molar-refractivity contribution < 1.29 is 0 Å². The summed E-state index contributed by atoms with van der Waals surface area (Å²) in [6.45, 7) is 14.2. The molecule has 0 atom stereocenters. The molecule has 0 aliphatic carbocycles. The smallest absolute Gasteiger partial charge is 0.0125 e. The summed E-state index contributed by atoms with van der Waals surface area (Å²) in [6.07, 6.45) is 2.72. The molecule has 1 heteroatoms. The Labute approximate surface area is 77.1 Å².